The third-order valence-corrected chi connectivity index (χ3v) is 4.24. The Morgan fingerprint density at radius 2 is 1.85 bits per heavy atom. The number of hydrogen-bond acceptors (Lipinski definition) is 6. The Morgan fingerprint density at radius 3 is 2.38 bits per heavy atom. The minimum Gasteiger partial charge on any atom is -0.488 e. The number of rotatable bonds is 4. The number of nitrogens with zero attached hydrogens (tertiary/aromatic N) is 3. The molecular weight excluding hydrogens is 338 g/mol. The zero-order chi connectivity index (χ0) is 18.9. The fourth-order valence-corrected chi connectivity index (χ4v) is 2.79. The maximum absolute atomic E-state index is 12.2. The molecule has 0 N–H and O–H groups in total. The summed E-state index contributed by atoms with van der Waals surface area (Å²) >= 11 is 0. The maximum atomic E-state index is 12.2. The summed E-state index contributed by atoms with van der Waals surface area (Å²) in [7, 11) is 0. The number of anilines is 1. The molecule has 1 aliphatic heterocycles. The van der Waals surface area contributed by atoms with Crippen LogP contribution in [0, 0.1) is 10.1 Å². The molecule has 1 saturated carbocycles. The van der Waals surface area contributed by atoms with Crippen molar-refractivity contribution in [2.24, 2.45) is 0 Å². The molecule has 26 heavy (non-hydrogen) atoms. The number of nitro groups is 1. The van der Waals surface area contributed by atoms with Crippen LogP contribution in [0.4, 0.5) is 16.2 Å². The molecule has 1 saturated heterocycles. The van der Waals surface area contributed by atoms with Crippen LogP contribution in [0.3, 0.4) is 0 Å². The van der Waals surface area contributed by atoms with E-state index < -0.39 is 10.5 Å². The van der Waals surface area contributed by atoms with Gasteiger partial charge in [-0.05, 0) is 39.7 Å². The van der Waals surface area contributed by atoms with E-state index in [9.17, 15) is 14.9 Å². The number of hydrogen-bond donors (Lipinski definition) is 0. The molecule has 0 unspecified atom stereocenters. The van der Waals surface area contributed by atoms with E-state index in [-0.39, 0.29) is 17.9 Å². The van der Waals surface area contributed by atoms with E-state index in [1.54, 1.807) is 11.0 Å². The van der Waals surface area contributed by atoms with E-state index in [4.69, 9.17) is 9.47 Å². The summed E-state index contributed by atoms with van der Waals surface area (Å²) in [6, 6.07) is 4.72. The molecule has 142 valence electrons. The largest absolute Gasteiger partial charge is 0.488 e. The van der Waals surface area contributed by atoms with Gasteiger partial charge in [-0.3, -0.25) is 10.1 Å². The Labute approximate surface area is 152 Å². The van der Waals surface area contributed by atoms with Gasteiger partial charge >= 0.3 is 6.09 Å². The highest BCUT2D eigenvalue weighted by Crippen LogP contribution is 2.37. The minimum absolute atomic E-state index is 0.0248. The second kappa shape index (κ2) is 7.01. The first-order chi connectivity index (χ1) is 12.2. The van der Waals surface area contributed by atoms with Crippen LogP contribution in [0.2, 0.25) is 0 Å². The molecule has 2 fully saturated rings. The third kappa shape index (κ3) is 4.56. The van der Waals surface area contributed by atoms with Crippen LogP contribution in [0.25, 0.3) is 0 Å². The Bertz CT molecular complexity index is 689. The van der Waals surface area contributed by atoms with Crippen LogP contribution >= 0.6 is 0 Å². The SMILES string of the molecule is CC(C)(C)OC(=O)N1CCN(c2ccc([N+](=O)[O-])cc2OC2CC2)CC1. The number of carbonyl (C=O) groups is 1. The molecular formula is C18H25N3O5. The van der Waals surface area contributed by atoms with Crippen molar-refractivity contribution in [2.45, 2.75) is 45.3 Å². The first-order valence-corrected chi connectivity index (χ1v) is 8.91. The zero-order valence-electron chi connectivity index (χ0n) is 15.4. The molecule has 0 atom stereocenters. The molecule has 8 heteroatoms. The van der Waals surface area contributed by atoms with Crippen LogP contribution in [0.5, 0.6) is 5.75 Å². The summed E-state index contributed by atoms with van der Waals surface area (Å²) in [6.07, 6.45) is 1.80. The van der Waals surface area contributed by atoms with E-state index >= 15 is 0 Å². The molecule has 2 aliphatic rings. The van der Waals surface area contributed by atoms with Gasteiger partial charge in [-0.1, -0.05) is 0 Å². The number of amides is 1. The van der Waals surface area contributed by atoms with Crippen LogP contribution in [-0.2, 0) is 4.74 Å². The number of ether oxygens (including phenoxy) is 2. The summed E-state index contributed by atoms with van der Waals surface area (Å²) in [5.41, 5.74) is 0.348. The number of non-ortho nitro benzene ring substituents is 1. The first-order valence-electron chi connectivity index (χ1n) is 8.91. The summed E-state index contributed by atoms with van der Waals surface area (Å²) in [5, 5.41) is 11.1. The smallest absolute Gasteiger partial charge is 0.410 e. The second-order valence-corrected chi connectivity index (χ2v) is 7.68. The summed E-state index contributed by atoms with van der Waals surface area (Å²) in [4.78, 5) is 26.6. The lowest BCUT2D eigenvalue weighted by Gasteiger charge is -2.37. The quantitative estimate of drug-likeness (QED) is 0.603. The van der Waals surface area contributed by atoms with E-state index in [2.05, 4.69) is 4.90 Å². The lowest BCUT2D eigenvalue weighted by atomic mass is 10.2. The fraction of sp³-hybridized carbons (Fsp3) is 0.611. The van der Waals surface area contributed by atoms with E-state index in [0.29, 0.717) is 31.9 Å². The third-order valence-electron chi connectivity index (χ3n) is 4.24. The van der Waals surface area contributed by atoms with Gasteiger partial charge in [0.25, 0.3) is 5.69 Å². The van der Waals surface area contributed by atoms with Crippen molar-refractivity contribution in [1.29, 1.82) is 0 Å². The molecule has 3 rings (SSSR count). The van der Waals surface area contributed by atoms with E-state index in [1.165, 1.54) is 12.1 Å². The molecule has 0 spiro atoms. The number of nitro benzene ring substituents is 1. The summed E-state index contributed by atoms with van der Waals surface area (Å²) < 4.78 is 11.3. The van der Waals surface area contributed by atoms with Gasteiger partial charge in [-0.15, -0.1) is 0 Å². The van der Waals surface area contributed by atoms with Crippen LogP contribution in [0.15, 0.2) is 18.2 Å². The molecule has 0 bridgehead atoms. The van der Waals surface area contributed by atoms with Gasteiger partial charge in [0, 0.05) is 32.2 Å². The minimum atomic E-state index is -0.516. The standard InChI is InChI=1S/C18H25N3O5/c1-18(2,3)26-17(22)20-10-8-19(9-11-20)15-7-4-13(21(23)24)12-16(15)25-14-5-6-14/h4,7,12,14H,5-6,8-11H2,1-3H3. The molecule has 8 nitrogen and oxygen atoms in total. The fourth-order valence-electron chi connectivity index (χ4n) is 2.79. The van der Waals surface area contributed by atoms with Crippen molar-refractivity contribution in [3.05, 3.63) is 28.3 Å². The van der Waals surface area contributed by atoms with E-state index in [0.717, 1.165) is 18.5 Å². The highest BCUT2D eigenvalue weighted by Gasteiger charge is 2.30. The van der Waals surface area contributed by atoms with Crippen molar-refractivity contribution in [1.82, 2.24) is 4.90 Å². The topological polar surface area (TPSA) is 85.2 Å². The van der Waals surface area contributed by atoms with Gasteiger partial charge in [-0.2, -0.15) is 0 Å². The van der Waals surface area contributed by atoms with Crippen molar-refractivity contribution in [3.8, 4) is 5.75 Å². The predicted octanol–water partition coefficient (Wildman–Crippen LogP) is 3.19. The molecule has 0 radical (unpaired) electrons. The van der Waals surface area contributed by atoms with Gasteiger partial charge < -0.3 is 19.3 Å². The predicted molar refractivity (Wildman–Crippen MR) is 96.8 cm³/mol. The van der Waals surface area contributed by atoms with Crippen molar-refractivity contribution in [2.75, 3.05) is 31.1 Å². The van der Waals surface area contributed by atoms with Gasteiger partial charge in [0.05, 0.1) is 22.8 Å². The summed E-state index contributed by atoms with van der Waals surface area (Å²) in [5.74, 6) is 0.549. The van der Waals surface area contributed by atoms with Crippen LogP contribution in [-0.4, -0.2) is 53.8 Å². The van der Waals surface area contributed by atoms with Crippen LogP contribution < -0.4 is 9.64 Å². The molecule has 1 amide bonds. The lowest BCUT2D eigenvalue weighted by molar-refractivity contribution is -0.384. The highest BCUT2D eigenvalue weighted by atomic mass is 16.6. The van der Waals surface area contributed by atoms with Gasteiger partial charge in [0.1, 0.15) is 11.4 Å². The summed E-state index contributed by atoms with van der Waals surface area (Å²) in [6.45, 7) is 7.86. The molecule has 0 aromatic heterocycles. The number of benzene rings is 1. The number of piperazine rings is 1. The first kappa shape index (κ1) is 18.3. The second-order valence-electron chi connectivity index (χ2n) is 7.68. The Hall–Kier alpha value is -2.51. The average molecular weight is 363 g/mol. The maximum Gasteiger partial charge on any atom is 0.410 e. The zero-order valence-corrected chi connectivity index (χ0v) is 15.4. The monoisotopic (exact) mass is 363 g/mol. The van der Waals surface area contributed by atoms with E-state index in [1.807, 2.05) is 20.8 Å². The van der Waals surface area contributed by atoms with Gasteiger partial charge in [0.15, 0.2) is 0 Å². The average Bonchev–Trinajstić information content (AvgIpc) is 3.37. The van der Waals surface area contributed by atoms with Crippen LogP contribution in [0.1, 0.15) is 33.6 Å². The van der Waals surface area contributed by atoms with Crippen molar-refractivity contribution >= 4 is 17.5 Å². The lowest BCUT2D eigenvalue weighted by Crippen LogP contribution is -2.50. The molecule has 1 aromatic carbocycles. The Morgan fingerprint density at radius 1 is 1.19 bits per heavy atom. The van der Waals surface area contributed by atoms with Crippen molar-refractivity contribution < 1.29 is 19.2 Å². The highest BCUT2D eigenvalue weighted by molar-refractivity contribution is 5.69. The molecule has 1 aromatic rings. The molecule has 1 heterocycles. The Balaban J connectivity index is 1.68. The van der Waals surface area contributed by atoms with Crippen molar-refractivity contribution in [3.63, 3.8) is 0 Å². The molecule has 1 aliphatic carbocycles. The van der Waals surface area contributed by atoms with Gasteiger partial charge in [0.2, 0.25) is 0 Å². The Kier molecular flexibility index (Phi) is 4.93. The number of carbonyl (C=O) groups excluding carboxylic acids is 1. The normalized spacial score (nSPS) is 17.8. The van der Waals surface area contributed by atoms with Gasteiger partial charge in [-0.25, -0.2) is 4.79 Å².